The predicted octanol–water partition coefficient (Wildman–Crippen LogP) is 7.27. The number of hydrogen-bond acceptors (Lipinski definition) is 3. The van der Waals surface area contributed by atoms with E-state index in [0.717, 1.165) is 32.4 Å². The normalized spacial score (nSPS) is 11.7. The molecule has 3 aromatic carbocycles. The molecule has 182 valence electrons. The molecule has 1 N–H and O–H groups in total. The van der Waals surface area contributed by atoms with E-state index in [1.807, 2.05) is 57.2 Å². The molecule has 4 rings (SSSR count). The molecule has 4 aromatic rings. The molecule has 0 spiro atoms. The zero-order chi connectivity index (χ0) is 25.3. The summed E-state index contributed by atoms with van der Waals surface area (Å²) in [5, 5.41) is 5.79. The first-order chi connectivity index (χ1) is 16.6. The number of halogens is 3. The standard InChI is InChI=1S/C26H24BrCl2N3O2S/c1-4-22-24(15-30-35(33,34)21-12-16(2)11-17(3)13-21)31-32(25-10-9-20(28)14-23(25)29)26(22)18-5-7-19(27)8-6-18/h5-14,30H,4,15H2,1-3H3. The van der Waals surface area contributed by atoms with Crippen LogP contribution >= 0.6 is 39.1 Å². The van der Waals surface area contributed by atoms with Gasteiger partial charge in [-0.1, -0.05) is 64.3 Å². The highest BCUT2D eigenvalue weighted by molar-refractivity contribution is 9.10. The van der Waals surface area contributed by atoms with Crippen molar-refractivity contribution in [1.29, 1.82) is 0 Å². The molecule has 0 aliphatic heterocycles. The first-order valence-corrected chi connectivity index (χ1v) is 14.0. The van der Waals surface area contributed by atoms with E-state index in [4.69, 9.17) is 28.3 Å². The molecule has 1 aromatic heterocycles. The van der Waals surface area contributed by atoms with E-state index in [2.05, 4.69) is 20.7 Å². The summed E-state index contributed by atoms with van der Waals surface area (Å²) in [6.07, 6.45) is 0.650. The number of sulfonamides is 1. The highest BCUT2D eigenvalue weighted by atomic mass is 79.9. The van der Waals surface area contributed by atoms with Gasteiger partial charge in [-0.15, -0.1) is 0 Å². The lowest BCUT2D eigenvalue weighted by Crippen LogP contribution is -2.24. The van der Waals surface area contributed by atoms with E-state index < -0.39 is 10.0 Å². The monoisotopic (exact) mass is 591 g/mol. The van der Waals surface area contributed by atoms with Crippen LogP contribution in [0, 0.1) is 13.8 Å². The van der Waals surface area contributed by atoms with Crippen LogP contribution in [0.15, 0.2) is 70.0 Å². The lowest BCUT2D eigenvalue weighted by atomic mass is 10.0. The summed E-state index contributed by atoms with van der Waals surface area (Å²) < 4.78 is 31.6. The summed E-state index contributed by atoms with van der Waals surface area (Å²) in [7, 11) is -3.73. The van der Waals surface area contributed by atoms with Gasteiger partial charge in [0.25, 0.3) is 0 Å². The summed E-state index contributed by atoms with van der Waals surface area (Å²) in [5.74, 6) is 0. The zero-order valence-corrected chi connectivity index (χ0v) is 23.4. The Hall–Kier alpha value is -2.16. The van der Waals surface area contributed by atoms with Crippen molar-refractivity contribution >= 4 is 49.2 Å². The van der Waals surface area contributed by atoms with Crippen LogP contribution in [0.25, 0.3) is 16.9 Å². The van der Waals surface area contributed by atoms with Gasteiger partial charge >= 0.3 is 0 Å². The SMILES string of the molecule is CCc1c(CNS(=O)(=O)c2cc(C)cc(C)c2)nn(-c2ccc(Cl)cc2Cl)c1-c1ccc(Br)cc1. The fraction of sp³-hybridized carbons (Fsp3) is 0.192. The fourth-order valence-electron chi connectivity index (χ4n) is 4.08. The Labute approximate surface area is 224 Å². The maximum atomic E-state index is 13.1. The van der Waals surface area contributed by atoms with Crippen LogP contribution in [0.4, 0.5) is 0 Å². The van der Waals surface area contributed by atoms with Gasteiger partial charge in [0.1, 0.15) is 0 Å². The molecule has 0 radical (unpaired) electrons. The quantitative estimate of drug-likeness (QED) is 0.245. The zero-order valence-electron chi connectivity index (χ0n) is 19.4. The molecule has 0 amide bonds. The molecule has 35 heavy (non-hydrogen) atoms. The Balaban J connectivity index is 1.81. The second-order valence-electron chi connectivity index (χ2n) is 8.29. The summed E-state index contributed by atoms with van der Waals surface area (Å²) in [6, 6.07) is 18.4. The second kappa shape index (κ2) is 10.4. The smallest absolute Gasteiger partial charge is 0.231 e. The van der Waals surface area contributed by atoms with Crippen molar-refractivity contribution in [3.05, 3.63) is 97.6 Å². The minimum absolute atomic E-state index is 0.0419. The van der Waals surface area contributed by atoms with Crippen LogP contribution in [0.1, 0.15) is 29.3 Å². The third-order valence-electron chi connectivity index (χ3n) is 5.61. The largest absolute Gasteiger partial charge is 0.240 e. The topological polar surface area (TPSA) is 64.0 Å². The number of aryl methyl sites for hydroxylation is 2. The van der Waals surface area contributed by atoms with Crippen molar-refractivity contribution in [1.82, 2.24) is 14.5 Å². The third-order valence-corrected chi connectivity index (χ3v) is 8.06. The van der Waals surface area contributed by atoms with E-state index in [0.29, 0.717) is 27.8 Å². The van der Waals surface area contributed by atoms with Gasteiger partial charge in [-0.3, -0.25) is 0 Å². The summed E-state index contributed by atoms with van der Waals surface area (Å²) in [5.41, 5.74) is 5.78. The number of aromatic nitrogens is 2. The lowest BCUT2D eigenvalue weighted by Gasteiger charge is -2.11. The number of nitrogens with one attached hydrogen (secondary N) is 1. The molecule has 0 unspecified atom stereocenters. The molecule has 0 atom stereocenters. The van der Waals surface area contributed by atoms with Gasteiger partial charge in [-0.25, -0.2) is 17.8 Å². The number of nitrogens with zero attached hydrogens (tertiary/aromatic N) is 2. The van der Waals surface area contributed by atoms with Crippen LogP contribution in [-0.2, 0) is 23.0 Å². The van der Waals surface area contributed by atoms with E-state index in [1.54, 1.807) is 28.9 Å². The van der Waals surface area contributed by atoms with Gasteiger partial charge in [0.2, 0.25) is 10.0 Å². The molecule has 0 aliphatic rings. The average molecular weight is 593 g/mol. The highest BCUT2D eigenvalue weighted by Gasteiger charge is 2.23. The third kappa shape index (κ3) is 5.65. The van der Waals surface area contributed by atoms with E-state index in [9.17, 15) is 8.42 Å². The molecule has 5 nitrogen and oxygen atoms in total. The maximum absolute atomic E-state index is 13.1. The summed E-state index contributed by atoms with van der Waals surface area (Å²) in [6.45, 7) is 5.82. The Morgan fingerprint density at radius 3 is 2.23 bits per heavy atom. The molecule has 9 heteroatoms. The van der Waals surface area contributed by atoms with Crippen LogP contribution in [0.3, 0.4) is 0 Å². The molecule has 1 heterocycles. The first kappa shape index (κ1) is 25.9. The average Bonchev–Trinajstić information content (AvgIpc) is 3.16. The maximum Gasteiger partial charge on any atom is 0.240 e. The van der Waals surface area contributed by atoms with E-state index in [1.165, 1.54) is 0 Å². The fourth-order valence-corrected chi connectivity index (χ4v) is 6.00. The molecule has 0 bridgehead atoms. The van der Waals surface area contributed by atoms with Crippen molar-refractivity contribution in [2.75, 3.05) is 0 Å². The molecule has 0 fully saturated rings. The molecular formula is C26H24BrCl2N3O2S. The second-order valence-corrected chi connectivity index (χ2v) is 11.8. The number of hydrogen-bond donors (Lipinski definition) is 1. The van der Waals surface area contributed by atoms with Gasteiger partial charge in [0.15, 0.2) is 0 Å². The summed E-state index contributed by atoms with van der Waals surface area (Å²) in [4.78, 5) is 0.237. The highest BCUT2D eigenvalue weighted by Crippen LogP contribution is 2.34. The Bertz CT molecular complexity index is 1480. The van der Waals surface area contributed by atoms with Crippen LogP contribution in [0.2, 0.25) is 10.0 Å². The van der Waals surface area contributed by atoms with E-state index >= 15 is 0 Å². The van der Waals surface area contributed by atoms with Crippen molar-refractivity contribution in [2.45, 2.75) is 38.6 Å². The Kier molecular flexibility index (Phi) is 7.74. The van der Waals surface area contributed by atoms with Crippen molar-refractivity contribution in [3.63, 3.8) is 0 Å². The van der Waals surface area contributed by atoms with Gasteiger partial charge in [0.05, 0.1) is 33.5 Å². The van der Waals surface area contributed by atoms with Crippen molar-refractivity contribution in [3.8, 4) is 16.9 Å². The Morgan fingerprint density at radius 1 is 0.971 bits per heavy atom. The number of rotatable bonds is 7. The minimum Gasteiger partial charge on any atom is -0.231 e. The molecule has 0 saturated heterocycles. The number of benzene rings is 3. The molecule has 0 saturated carbocycles. The van der Waals surface area contributed by atoms with Gasteiger partial charge in [0, 0.05) is 20.6 Å². The first-order valence-electron chi connectivity index (χ1n) is 11.0. The summed E-state index contributed by atoms with van der Waals surface area (Å²) >= 11 is 16.2. The molecule has 0 aliphatic carbocycles. The van der Waals surface area contributed by atoms with Crippen LogP contribution in [-0.4, -0.2) is 18.2 Å². The van der Waals surface area contributed by atoms with Crippen LogP contribution < -0.4 is 4.72 Å². The van der Waals surface area contributed by atoms with E-state index in [-0.39, 0.29) is 11.4 Å². The Morgan fingerprint density at radius 2 is 1.63 bits per heavy atom. The molecular weight excluding hydrogens is 569 g/mol. The van der Waals surface area contributed by atoms with Crippen molar-refractivity contribution < 1.29 is 8.42 Å². The van der Waals surface area contributed by atoms with Gasteiger partial charge in [-0.05, 0) is 73.9 Å². The van der Waals surface area contributed by atoms with Crippen molar-refractivity contribution in [2.24, 2.45) is 0 Å². The van der Waals surface area contributed by atoms with Gasteiger partial charge in [-0.2, -0.15) is 5.10 Å². The predicted molar refractivity (Wildman–Crippen MR) is 146 cm³/mol. The van der Waals surface area contributed by atoms with Crippen LogP contribution in [0.5, 0.6) is 0 Å². The minimum atomic E-state index is -3.73. The van der Waals surface area contributed by atoms with Gasteiger partial charge < -0.3 is 0 Å². The lowest BCUT2D eigenvalue weighted by molar-refractivity contribution is 0.579.